The van der Waals surface area contributed by atoms with Crippen molar-refractivity contribution in [3.63, 3.8) is 0 Å². The van der Waals surface area contributed by atoms with E-state index >= 15 is 0 Å². The molecule has 0 bridgehead atoms. The first-order valence-corrected chi connectivity index (χ1v) is 7.60. The van der Waals surface area contributed by atoms with Crippen LogP contribution in [0.2, 0.25) is 0 Å². The third kappa shape index (κ3) is 4.08. The van der Waals surface area contributed by atoms with Crippen molar-refractivity contribution in [3.8, 4) is 0 Å². The second-order valence-electron chi connectivity index (χ2n) is 5.40. The molecule has 1 aromatic rings. The quantitative estimate of drug-likeness (QED) is 0.918. The van der Waals surface area contributed by atoms with Crippen LogP contribution in [0.5, 0.6) is 0 Å². The van der Waals surface area contributed by atoms with Gasteiger partial charge in [0.25, 0.3) is 0 Å². The van der Waals surface area contributed by atoms with Crippen molar-refractivity contribution in [2.75, 3.05) is 19.6 Å². The molecule has 2 nitrogen and oxygen atoms in total. The molecule has 1 saturated heterocycles. The van der Waals surface area contributed by atoms with Crippen LogP contribution in [-0.4, -0.2) is 29.6 Å². The van der Waals surface area contributed by atoms with E-state index in [1.54, 1.807) is 0 Å². The molecule has 0 aromatic heterocycles. The van der Waals surface area contributed by atoms with Crippen molar-refractivity contribution in [1.82, 2.24) is 4.90 Å². The van der Waals surface area contributed by atoms with Crippen molar-refractivity contribution >= 4 is 15.9 Å². The molecule has 18 heavy (non-hydrogen) atoms. The minimum absolute atomic E-state index is 0.338. The molecule has 1 aliphatic rings. The summed E-state index contributed by atoms with van der Waals surface area (Å²) in [6, 6.07) is 7.96. The highest BCUT2D eigenvalue weighted by Crippen LogP contribution is 2.21. The zero-order chi connectivity index (χ0) is 13.0. The summed E-state index contributed by atoms with van der Waals surface area (Å²) in [5.74, 6) is 0.809. The van der Waals surface area contributed by atoms with E-state index in [9.17, 15) is 5.11 Å². The fraction of sp³-hybridized carbons (Fsp3) is 0.600. The smallest absolute Gasteiger partial charge is 0.0802 e. The summed E-state index contributed by atoms with van der Waals surface area (Å²) in [6.45, 7) is 5.70. The van der Waals surface area contributed by atoms with Crippen LogP contribution in [0, 0.1) is 5.92 Å². The number of hydrogen-bond acceptors (Lipinski definition) is 2. The lowest BCUT2D eigenvalue weighted by Crippen LogP contribution is -2.35. The summed E-state index contributed by atoms with van der Waals surface area (Å²) in [7, 11) is 0. The van der Waals surface area contributed by atoms with Gasteiger partial charge in [-0.2, -0.15) is 0 Å². The first-order chi connectivity index (χ1) is 8.65. The maximum Gasteiger partial charge on any atom is 0.0802 e. The normalized spacial score (nSPS) is 22.9. The van der Waals surface area contributed by atoms with Crippen LogP contribution in [0.25, 0.3) is 0 Å². The molecule has 1 N–H and O–H groups in total. The molecule has 1 heterocycles. The molecule has 2 atom stereocenters. The summed E-state index contributed by atoms with van der Waals surface area (Å²) in [6.07, 6.45) is 3.14. The van der Waals surface area contributed by atoms with Crippen LogP contribution < -0.4 is 0 Å². The van der Waals surface area contributed by atoms with Gasteiger partial charge in [0, 0.05) is 17.6 Å². The van der Waals surface area contributed by atoms with Crippen LogP contribution in [-0.2, 0) is 0 Å². The SMILES string of the molecule is CC1CCCN(CCC(O)c2ccc(Br)cc2)C1. The zero-order valence-electron chi connectivity index (χ0n) is 11.0. The number of nitrogens with zero attached hydrogens (tertiary/aromatic N) is 1. The average Bonchev–Trinajstić information content (AvgIpc) is 2.37. The van der Waals surface area contributed by atoms with E-state index in [2.05, 4.69) is 27.8 Å². The van der Waals surface area contributed by atoms with Gasteiger partial charge in [0.15, 0.2) is 0 Å². The van der Waals surface area contributed by atoms with E-state index in [1.807, 2.05) is 24.3 Å². The molecule has 0 spiro atoms. The lowest BCUT2D eigenvalue weighted by molar-refractivity contribution is 0.122. The van der Waals surface area contributed by atoms with Crippen LogP contribution in [0.3, 0.4) is 0 Å². The van der Waals surface area contributed by atoms with E-state index in [0.29, 0.717) is 0 Å². The van der Waals surface area contributed by atoms with Crippen LogP contribution in [0.15, 0.2) is 28.7 Å². The maximum absolute atomic E-state index is 10.2. The number of likely N-dealkylation sites (tertiary alicyclic amines) is 1. The monoisotopic (exact) mass is 311 g/mol. The van der Waals surface area contributed by atoms with E-state index in [-0.39, 0.29) is 6.10 Å². The molecule has 100 valence electrons. The van der Waals surface area contributed by atoms with Gasteiger partial charge in [-0.25, -0.2) is 0 Å². The highest BCUT2D eigenvalue weighted by molar-refractivity contribution is 9.10. The van der Waals surface area contributed by atoms with Gasteiger partial charge in [-0.3, -0.25) is 0 Å². The van der Waals surface area contributed by atoms with Gasteiger partial charge in [0.1, 0.15) is 0 Å². The van der Waals surface area contributed by atoms with Crippen LogP contribution >= 0.6 is 15.9 Å². The third-order valence-electron chi connectivity index (χ3n) is 3.71. The van der Waals surface area contributed by atoms with Crippen LogP contribution in [0.1, 0.15) is 37.9 Å². The maximum atomic E-state index is 10.2. The Morgan fingerprint density at radius 3 is 2.78 bits per heavy atom. The zero-order valence-corrected chi connectivity index (χ0v) is 12.6. The molecule has 0 amide bonds. The Labute approximate surface area is 118 Å². The standard InChI is InChI=1S/C15H22BrNO/c1-12-3-2-9-17(11-12)10-8-15(18)13-4-6-14(16)7-5-13/h4-7,12,15,18H,2-3,8-11H2,1H3. The molecule has 1 aromatic carbocycles. The topological polar surface area (TPSA) is 23.5 Å². The van der Waals surface area contributed by atoms with Gasteiger partial charge in [-0.15, -0.1) is 0 Å². The van der Waals surface area contributed by atoms with Gasteiger partial charge < -0.3 is 10.0 Å². The predicted molar refractivity (Wildman–Crippen MR) is 78.6 cm³/mol. The number of piperidine rings is 1. The van der Waals surface area contributed by atoms with Gasteiger partial charge in [0.05, 0.1) is 6.10 Å². The number of halogens is 1. The first-order valence-electron chi connectivity index (χ1n) is 6.81. The predicted octanol–water partition coefficient (Wildman–Crippen LogP) is 3.60. The minimum Gasteiger partial charge on any atom is -0.388 e. The van der Waals surface area contributed by atoms with E-state index in [4.69, 9.17) is 0 Å². The fourth-order valence-electron chi connectivity index (χ4n) is 2.65. The number of aliphatic hydroxyl groups is 1. The molecule has 0 aliphatic carbocycles. The fourth-order valence-corrected chi connectivity index (χ4v) is 2.91. The Kier molecular flexibility index (Phi) is 5.22. The second kappa shape index (κ2) is 6.69. The van der Waals surface area contributed by atoms with Crippen molar-refractivity contribution in [3.05, 3.63) is 34.3 Å². The molecular weight excluding hydrogens is 290 g/mol. The first kappa shape index (κ1) is 14.0. The molecule has 0 radical (unpaired) electrons. The molecule has 2 rings (SSSR count). The number of hydrogen-bond donors (Lipinski definition) is 1. The van der Waals surface area contributed by atoms with Gasteiger partial charge >= 0.3 is 0 Å². The van der Waals surface area contributed by atoms with E-state index < -0.39 is 0 Å². The molecule has 1 fully saturated rings. The number of aliphatic hydroxyl groups excluding tert-OH is 1. The van der Waals surface area contributed by atoms with Crippen molar-refractivity contribution in [2.24, 2.45) is 5.92 Å². The summed E-state index contributed by atoms with van der Waals surface area (Å²) in [4.78, 5) is 2.48. The lowest BCUT2D eigenvalue weighted by atomic mass is 9.99. The largest absolute Gasteiger partial charge is 0.388 e. The Balaban J connectivity index is 1.80. The van der Waals surface area contributed by atoms with E-state index in [1.165, 1.54) is 25.9 Å². The van der Waals surface area contributed by atoms with Crippen molar-refractivity contribution < 1.29 is 5.11 Å². The highest BCUT2D eigenvalue weighted by Gasteiger charge is 2.17. The Morgan fingerprint density at radius 1 is 1.39 bits per heavy atom. The molecule has 3 heteroatoms. The highest BCUT2D eigenvalue weighted by atomic mass is 79.9. The second-order valence-corrected chi connectivity index (χ2v) is 6.32. The molecule has 2 unspecified atom stereocenters. The molecule has 1 aliphatic heterocycles. The Hall–Kier alpha value is -0.380. The molecular formula is C15H22BrNO. The third-order valence-corrected chi connectivity index (χ3v) is 4.24. The Bertz CT molecular complexity index is 365. The summed E-state index contributed by atoms with van der Waals surface area (Å²) < 4.78 is 1.06. The van der Waals surface area contributed by atoms with Crippen molar-refractivity contribution in [1.29, 1.82) is 0 Å². The number of benzene rings is 1. The lowest BCUT2D eigenvalue weighted by Gasteiger charge is -2.31. The van der Waals surface area contributed by atoms with Gasteiger partial charge in [0.2, 0.25) is 0 Å². The average molecular weight is 312 g/mol. The van der Waals surface area contributed by atoms with Crippen LogP contribution in [0.4, 0.5) is 0 Å². The number of rotatable bonds is 4. The van der Waals surface area contributed by atoms with Gasteiger partial charge in [-0.05, 0) is 49.4 Å². The van der Waals surface area contributed by atoms with Gasteiger partial charge in [-0.1, -0.05) is 35.0 Å². The minimum atomic E-state index is -0.338. The van der Waals surface area contributed by atoms with E-state index in [0.717, 1.165) is 28.9 Å². The molecule has 0 saturated carbocycles. The summed E-state index contributed by atoms with van der Waals surface area (Å²) in [5, 5.41) is 10.2. The van der Waals surface area contributed by atoms with Crippen molar-refractivity contribution in [2.45, 2.75) is 32.3 Å². The Morgan fingerprint density at radius 2 is 2.11 bits per heavy atom. The summed E-state index contributed by atoms with van der Waals surface area (Å²) in [5.41, 5.74) is 1.02. The summed E-state index contributed by atoms with van der Waals surface area (Å²) >= 11 is 3.41.